The van der Waals surface area contributed by atoms with Crippen LogP contribution >= 0.6 is 36.3 Å². The molecule has 0 bridgehead atoms. The second-order valence-corrected chi connectivity index (χ2v) is 6.92. The first kappa shape index (κ1) is 22.4. The molecule has 1 N–H and O–H groups in total. The number of rotatable bonds is 4. The van der Waals surface area contributed by atoms with E-state index in [4.69, 9.17) is 0 Å². The summed E-state index contributed by atoms with van der Waals surface area (Å²) in [4.78, 5) is 23.5. The minimum atomic E-state index is 0. The molecular weight excluding hydrogens is 383 g/mol. The minimum absolute atomic E-state index is 0. The van der Waals surface area contributed by atoms with Crippen LogP contribution in [0.5, 0.6) is 0 Å². The van der Waals surface area contributed by atoms with Gasteiger partial charge in [0.25, 0.3) is 0 Å². The Bertz CT molecular complexity index is 526. The molecule has 0 spiro atoms. The number of aryl methyl sites for hydroxylation is 1. The van der Waals surface area contributed by atoms with E-state index >= 15 is 0 Å². The van der Waals surface area contributed by atoms with E-state index in [9.17, 15) is 4.79 Å². The molecule has 10 heteroatoms. The molecule has 1 amide bonds. The van der Waals surface area contributed by atoms with Gasteiger partial charge in [0, 0.05) is 70.3 Å². The van der Waals surface area contributed by atoms with Crippen molar-refractivity contribution in [1.29, 1.82) is 0 Å². The molecule has 3 heterocycles. The lowest BCUT2D eigenvalue weighted by atomic mass is 10.3. The third kappa shape index (κ3) is 6.53. The van der Waals surface area contributed by atoms with Gasteiger partial charge in [0.2, 0.25) is 11.0 Å². The van der Waals surface area contributed by atoms with Crippen LogP contribution in [0.1, 0.15) is 18.7 Å². The van der Waals surface area contributed by atoms with Gasteiger partial charge in [0.05, 0.1) is 0 Å². The predicted octanol–water partition coefficient (Wildman–Crippen LogP) is 1.02. The molecule has 2 aliphatic rings. The Balaban J connectivity index is 0.00000156. The van der Waals surface area contributed by atoms with Gasteiger partial charge in [-0.2, -0.15) is 4.37 Å². The molecular formula is C15H28Cl2N6OS. The van der Waals surface area contributed by atoms with Gasteiger partial charge in [-0.15, -0.1) is 24.8 Å². The predicted molar refractivity (Wildman–Crippen MR) is 106 cm³/mol. The molecule has 0 unspecified atom stereocenters. The van der Waals surface area contributed by atoms with Crippen LogP contribution in [0, 0.1) is 6.92 Å². The molecule has 25 heavy (non-hydrogen) atoms. The number of aromatic nitrogens is 2. The van der Waals surface area contributed by atoms with E-state index in [0.29, 0.717) is 12.3 Å². The number of hydrogen-bond acceptors (Lipinski definition) is 7. The molecule has 7 nitrogen and oxygen atoms in total. The van der Waals surface area contributed by atoms with E-state index in [1.54, 1.807) is 0 Å². The van der Waals surface area contributed by atoms with Crippen LogP contribution in [0.25, 0.3) is 0 Å². The highest BCUT2D eigenvalue weighted by atomic mass is 35.5. The molecule has 1 aromatic rings. The topological polar surface area (TPSA) is 64.6 Å². The van der Waals surface area contributed by atoms with Crippen molar-refractivity contribution >= 4 is 47.4 Å². The monoisotopic (exact) mass is 410 g/mol. The van der Waals surface area contributed by atoms with Crippen LogP contribution in [-0.2, 0) is 4.79 Å². The Kier molecular flexibility index (Phi) is 9.96. The lowest BCUT2D eigenvalue weighted by molar-refractivity contribution is -0.132. The van der Waals surface area contributed by atoms with Gasteiger partial charge in [-0.25, -0.2) is 4.98 Å². The summed E-state index contributed by atoms with van der Waals surface area (Å²) in [6.45, 7) is 10.4. The highest BCUT2D eigenvalue weighted by Gasteiger charge is 2.20. The molecule has 1 aromatic heterocycles. The second-order valence-electron chi connectivity index (χ2n) is 6.19. The lowest BCUT2D eigenvalue weighted by Crippen LogP contribution is -2.47. The maximum atomic E-state index is 12.3. The maximum absolute atomic E-state index is 12.3. The number of nitrogens with zero attached hydrogens (tertiary/aromatic N) is 5. The fourth-order valence-corrected chi connectivity index (χ4v) is 3.85. The zero-order valence-electron chi connectivity index (χ0n) is 14.6. The van der Waals surface area contributed by atoms with Gasteiger partial charge in [-0.05, 0) is 19.9 Å². The summed E-state index contributed by atoms with van der Waals surface area (Å²) >= 11 is 1.48. The van der Waals surface area contributed by atoms with Crippen molar-refractivity contribution in [2.45, 2.75) is 19.8 Å². The summed E-state index contributed by atoms with van der Waals surface area (Å²) < 4.78 is 4.27. The average Bonchev–Trinajstić information content (AvgIpc) is 2.87. The molecule has 0 aliphatic carbocycles. The maximum Gasteiger partial charge on any atom is 0.223 e. The lowest BCUT2D eigenvalue weighted by Gasteiger charge is -2.28. The molecule has 2 aliphatic heterocycles. The van der Waals surface area contributed by atoms with Crippen LogP contribution in [0.4, 0.5) is 5.13 Å². The quantitative estimate of drug-likeness (QED) is 0.799. The summed E-state index contributed by atoms with van der Waals surface area (Å²) in [5.74, 6) is 1.15. The Morgan fingerprint density at radius 3 is 2.56 bits per heavy atom. The van der Waals surface area contributed by atoms with Crippen molar-refractivity contribution < 1.29 is 4.79 Å². The van der Waals surface area contributed by atoms with Crippen molar-refractivity contribution in [1.82, 2.24) is 24.5 Å². The third-order valence-electron chi connectivity index (χ3n) is 4.49. The van der Waals surface area contributed by atoms with E-state index in [2.05, 4.69) is 24.5 Å². The number of piperazine rings is 1. The van der Waals surface area contributed by atoms with Gasteiger partial charge < -0.3 is 20.0 Å². The Morgan fingerprint density at radius 2 is 1.88 bits per heavy atom. The summed E-state index contributed by atoms with van der Waals surface area (Å²) in [5, 5.41) is 4.31. The molecule has 0 atom stereocenters. The fourth-order valence-electron chi connectivity index (χ4n) is 3.13. The van der Waals surface area contributed by atoms with Crippen molar-refractivity contribution in [2.24, 2.45) is 0 Å². The normalized spacial score (nSPS) is 18.9. The first-order valence-corrected chi connectivity index (χ1v) is 9.26. The van der Waals surface area contributed by atoms with Crippen LogP contribution in [0.3, 0.4) is 0 Å². The van der Waals surface area contributed by atoms with Gasteiger partial charge in [0.1, 0.15) is 5.82 Å². The van der Waals surface area contributed by atoms with E-state index in [1.807, 2.05) is 11.8 Å². The highest BCUT2D eigenvalue weighted by molar-refractivity contribution is 7.09. The van der Waals surface area contributed by atoms with Crippen LogP contribution in [0.15, 0.2) is 0 Å². The summed E-state index contributed by atoms with van der Waals surface area (Å²) in [7, 11) is 0. The summed E-state index contributed by atoms with van der Waals surface area (Å²) in [6.07, 6.45) is 1.75. The van der Waals surface area contributed by atoms with E-state index in [0.717, 1.165) is 76.3 Å². The molecule has 2 fully saturated rings. The first-order chi connectivity index (χ1) is 11.2. The molecule has 144 valence electrons. The van der Waals surface area contributed by atoms with Crippen molar-refractivity contribution in [2.75, 3.05) is 63.8 Å². The van der Waals surface area contributed by atoms with Crippen molar-refractivity contribution in [3.63, 3.8) is 0 Å². The average molecular weight is 411 g/mol. The first-order valence-electron chi connectivity index (χ1n) is 8.48. The Morgan fingerprint density at radius 1 is 1.12 bits per heavy atom. The summed E-state index contributed by atoms with van der Waals surface area (Å²) in [5.41, 5.74) is 0. The van der Waals surface area contributed by atoms with E-state index in [1.165, 1.54) is 11.5 Å². The largest absolute Gasteiger partial charge is 0.346 e. The minimum Gasteiger partial charge on any atom is -0.346 e. The van der Waals surface area contributed by atoms with Gasteiger partial charge in [-0.1, -0.05) is 0 Å². The van der Waals surface area contributed by atoms with Gasteiger partial charge in [0.15, 0.2) is 0 Å². The number of carbonyl (C=O) groups is 1. The number of halogens is 2. The highest BCUT2D eigenvalue weighted by Crippen LogP contribution is 2.18. The van der Waals surface area contributed by atoms with Crippen LogP contribution in [-0.4, -0.2) is 84.0 Å². The number of anilines is 1. The zero-order valence-corrected chi connectivity index (χ0v) is 17.1. The van der Waals surface area contributed by atoms with Crippen molar-refractivity contribution in [3.8, 4) is 0 Å². The van der Waals surface area contributed by atoms with E-state index < -0.39 is 0 Å². The Labute approximate surface area is 166 Å². The molecule has 0 radical (unpaired) electrons. The number of carbonyl (C=O) groups excluding carboxylic acids is 1. The third-order valence-corrected chi connectivity index (χ3v) is 5.36. The SMILES string of the molecule is Cc1nsc(N2CCCN(CCC(=O)N3CCNCC3)CC2)n1.Cl.Cl. The number of nitrogens with one attached hydrogen (secondary N) is 1. The smallest absolute Gasteiger partial charge is 0.223 e. The van der Waals surface area contributed by atoms with Crippen LogP contribution < -0.4 is 10.2 Å². The van der Waals surface area contributed by atoms with Gasteiger partial charge in [-0.3, -0.25) is 4.79 Å². The number of hydrogen-bond donors (Lipinski definition) is 1. The molecule has 0 aromatic carbocycles. The van der Waals surface area contributed by atoms with E-state index in [-0.39, 0.29) is 24.8 Å². The van der Waals surface area contributed by atoms with Crippen LogP contribution in [0.2, 0.25) is 0 Å². The summed E-state index contributed by atoms with van der Waals surface area (Å²) in [6, 6.07) is 0. The van der Waals surface area contributed by atoms with Gasteiger partial charge >= 0.3 is 0 Å². The molecule has 3 rings (SSSR count). The number of amides is 1. The molecule has 2 saturated heterocycles. The second kappa shape index (κ2) is 11.1. The molecule has 0 saturated carbocycles. The Hall–Kier alpha value is -0.670. The standard InChI is InChI=1S/C15H26N6OS.2ClH/c1-13-17-15(23-18-13)21-7-2-6-19(11-12-21)8-3-14(22)20-9-4-16-5-10-20;;/h16H,2-12H2,1H3;2*1H. The van der Waals surface area contributed by atoms with Crippen molar-refractivity contribution in [3.05, 3.63) is 5.82 Å². The zero-order chi connectivity index (χ0) is 16.1. The fraction of sp³-hybridized carbons (Fsp3) is 0.800.